The van der Waals surface area contributed by atoms with Gasteiger partial charge in [-0.3, -0.25) is 4.79 Å². The molecule has 0 aromatic rings. The Balaban J connectivity index is 0.000000165. The summed E-state index contributed by atoms with van der Waals surface area (Å²) >= 11 is 0. The molecule has 8 aliphatic rings. The first-order valence-electron chi connectivity index (χ1n) is 22.9. The van der Waals surface area contributed by atoms with Gasteiger partial charge in [0.1, 0.15) is 0 Å². The van der Waals surface area contributed by atoms with Gasteiger partial charge in [-0.05, 0) is 195 Å². The molecule has 0 aliphatic heterocycles. The van der Waals surface area contributed by atoms with Crippen LogP contribution in [0, 0.1) is 98.6 Å². The van der Waals surface area contributed by atoms with E-state index in [0.29, 0.717) is 69.7 Å². The second kappa shape index (κ2) is 15.2. The smallest absolute Gasteiger partial charge is 0.303 e. The summed E-state index contributed by atoms with van der Waals surface area (Å²) in [7, 11) is 2.61. The number of hydrogen-bond acceptors (Lipinski definition) is 4. The molecule has 5 nitrogen and oxygen atoms in total. The topological polar surface area (TPSA) is 87.0 Å². The Morgan fingerprint density at radius 2 is 1.19 bits per heavy atom. The Morgan fingerprint density at radius 1 is 0.679 bits per heavy atom. The van der Waals surface area contributed by atoms with Gasteiger partial charge < -0.3 is 19.8 Å². The van der Waals surface area contributed by atoms with Gasteiger partial charge in [0.05, 0.1) is 18.3 Å². The van der Waals surface area contributed by atoms with E-state index in [2.05, 4.69) is 64.9 Å². The first-order valence-corrected chi connectivity index (χ1v) is 23.4. The van der Waals surface area contributed by atoms with Crippen molar-refractivity contribution >= 4 is 15.4 Å². The minimum Gasteiger partial charge on any atom is -0.481 e. The summed E-state index contributed by atoms with van der Waals surface area (Å²) in [5, 5.41) is 30.7. The lowest BCUT2D eigenvalue weighted by molar-refractivity contribution is -0.174. The average molecular weight is 757 g/mol. The molecule has 0 bridgehead atoms. The van der Waals surface area contributed by atoms with Gasteiger partial charge in [-0.15, -0.1) is 0 Å². The van der Waals surface area contributed by atoms with Crippen molar-refractivity contribution in [3.05, 3.63) is 0 Å². The van der Waals surface area contributed by atoms with Crippen LogP contribution in [0.15, 0.2) is 0 Å². The number of aliphatic hydroxyl groups excluding tert-OH is 2. The van der Waals surface area contributed by atoms with Crippen LogP contribution in [-0.4, -0.2) is 39.6 Å². The lowest BCUT2D eigenvalue weighted by Gasteiger charge is -2.63. The molecule has 7 unspecified atom stereocenters. The van der Waals surface area contributed by atoms with E-state index in [1.54, 1.807) is 0 Å². The molecule has 0 radical (unpaired) electrons. The summed E-state index contributed by atoms with van der Waals surface area (Å²) in [6.07, 6.45) is 21.6. The minimum atomic E-state index is -0.635. The molecule has 8 aliphatic carbocycles. The lowest BCUT2D eigenvalue weighted by atomic mass is 9.43. The highest BCUT2D eigenvalue weighted by atomic mass is 31.0. The minimum absolute atomic E-state index is 0.128. The molecule has 6 heteroatoms. The number of rotatable bonds is 6. The van der Waals surface area contributed by atoms with Crippen LogP contribution in [-0.2, 0) is 9.32 Å². The van der Waals surface area contributed by atoms with Crippen molar-refractivity contribution in [2.45, 2.75) is 189 Å². The number of fused-ring (bicyclic) bond motifs is 10. The molecule has 21 atom stereocenters. The fourth-order valence-electron chi connectivity index (χ4n) is 17.4. The monoisotopic (exact) mass is 757 g/mol. The van der Waals surface area contributed by atoms with Gasteiger partial charge in [-0.2, -0.15) is 0 Å². The van der Waals surface area contributed by atoms with Crippen LogP contribution in [0.2, 0.25) is 0 Å². The summed E-state index contributed by atoms with van der Waals surface area (Å²) < 4.78 is 6.13. The van der Waals surface area contributed by atoms with Crippen LogP contribution in [0.4, 0.5) is 0 Å². The Bertz CT molecular complexity index is 1310. The molecular formula is C47H81O5P. The molecule has 8 saturated carbocycles. The fraction of sp³-hybridized carbons (Fsp3) is 0.979. The van der Waals surface area contributed by atoms with E-state index in [4.69, 9.17) is 4.52 Å². The molecular weight excluding hydrogens is 675 g/mol. The van der Waals surface area contributed by atoms with E-state index in [0.717, 1.165) is 54.8 Å². The van der Waals surface area contributed by atoms with E-state index < -0.39 is 5.97 Å². The van der Waals surface area contributed by atoms with Crippen molar-refractivity contribution in [1.29, 1.82) is 0 Å². The van der Waals surface area contributed by atoms with Crippen LogP contribution >= 0.6 is 9.47 Å². The Kier molecular flexibility index (Phi) is 11.7. The third kappa shape index (κ3) is 6.76. The molecule has 53 heavy (non-hydrogen) atoms. The normalized spacial score (nSPS) is 54.0. The van der Waals surface area contributed by atoms with Crippen molar-refractivity contribution in [3.8, 4) is 0 Å². The lowest BCUT2D eigenvalue weighted by Crippen LogP contribution is -2.58. The number of carboxylic acids is 1. The van der Waals surface area contributed by atoms with E-state index in [1.807, 2.05) is 0 Å². The quantitative estimate of drug-likeness (QED) is 0.235. The first-order chi connectivity index (χ1) is 25.0. The molecule has 0 amide bonds. The van der Waals surface area contributed by atoms with Crippen molar-refractivity contribution in [3.63, 3.8) is 0 Å². The van der Waals surface area contributed by atoms with Crippen molar-refractivity contribution < 1.29 is 24.6 Å². The standard InChI is InChI=1S/C24H41O3P.C23H40O2/c1-14-7-9-23(3)16(11-14)13-20(27-28)22-18-6-5-17(15(2)12-21(25)26)24(18,4)10-8-19(22)23;1-5-14(2)17-6-7-18-21-19(9-11-23(17,18)4)22(3)10-8-16(24)12-15(22)13-20(21)25/h14-20,22H,5-13,28H2,1-4H3,(H,25,26);14-21,24-25H,5-13H2,1-4H3/t14-,15+,16-,17+,18?,19?,20?,22-,23-,24+;14-,15+,16+,17-,18?,19?,20?,21+,22+,23-/m01/s1. The summed E-state index contributed by atoms with van der Waals surface area (Å²) in [4.78, 5) is 11.4. The van der Waals surface area contributed by atoms with Crippen molar-refractivity contribution in [2.75, 3.05) is 0 Å². The third-order valence-electron chi connectivity index (χ3n) is 20.4. The van der Waals surface area contributed by atoms with Crippen LogP contribution in [0.5, 0.6) is 0 Å². The van der Waals surface area contributed by atoms with Gasteiger partial charge in [-0.1, -0.05) is 68.2 Å². The fourth-order valence-corrected chi connectivity index (χ4v) is 17.7. The SMILES string of the molecule is CC[C@@H](C)[C@H]1CCC2[C@@H]3C(O)C[C@@H]4C[C@@H](O)CC[C@]4(C)C3CC[C@@]21C.C[C@H]1CC[C@]2(C)C3CC[C@@]4(C)C(CC[C@@H]4[C@H](C)CC(=O)O)[C@@H]3C(OP)C[C@@H]2C1. The Morgan fingerprint density at radius 3 is 1.77 bits per heavy atom. The summed E-state index contributed by atoms with van der Waals surface area (Å²) in [5.41, 5.74) is 1.60. The van der Waals surface area contributed by atoms with E-state index >= 15 is 0 Å². The van der Waals surface area contributed by atoms with E-state index in [-0.39, 0.29) is 18.1 Å². The second-order valence-corrected chi connectivity index (χ2v) is 22.7. The van der Waals surface area contributed by atoms with Crippen LogP contribution < -0.4 is 0 Å². The second-order valence-electron chi connectivity index (χ2n) is 22.4. The molecule has 304 valence electrons. The number of carbonyl (C=O) groups is 1. The van der Waals surface area contributed by atoms with Gasteiger partial charge in [0.15, 0.2) is 0 Å². The van der Waals surface area contributed by atoms with Gasteiger partial charge in [0.25, 0.3) is 0 Å². The predicted molar refractivity (Wildman–Crippen MR) is 218 cm³/mol. The summed E-state index contributed by atoms with van der Waals surface area (Å²) in [6, 6.07) is 0. The Labute approximate surface area is 327 Å². The van der Waals surface area contributed by atoms with Crippen LogP contribution in [0.3, 0.4) is 0 Å². The number of carboxylic acid groups (broad SMARTS) is 1. The Hall–Kier alpha value is -0.220. The van der Waals surface area contributed by atoms with Crippen LogP contribution in [0.25, 0.3) is 0 Å². The molecule has 8 fully saturated rings. The summed E-state index contributed by atoms with van der Waals surface area (Å²) in [5.74, 6) is 8.16. The highest BCUT2D eigenvalue weighted by molar-refractivity contribution is 7.09. The maximum Gasteiger partial charge on any atom is 0.303 e. The van der Waals surface area contributed by atoms with Crippen LogP contribution in [0.1, 0.15) is 171 Å². The molecule has 0 aromatic carbocycles. The number of hydrogen-bond donors (Lipinski definition) is 3. The average Bonchev–Trinajstić information content (AvgIpc) is 3.65. The van der Waals surface area contributed by atoms with Gasteiger partial charge in [0, 0.05) is 15.9 Å². The zero-order chi connectivity index (χ0) is 38.2. The molecule has 0 spiro atoms. The van der Waals surface area contributed by atoms with E-state index in [1.165, 1.54) is 89.9 Å². The maximum atomic E-state index is 11.4. The highest BCUT2D eigenvalue weighted by Crippen LogP contribution is 2.70. The molecule has 0 aromatic heterocycles. The third-order valence-corrected chi connectivity index (χ3v) is 20.8. The molecule has 8 rings (SSSR count). The number of aliphatic hydroxyl groups is 2. The van der Waals surface area contributed by atoms with E-state index in [9.17, 15) is 20.1 Å². The van der Waals surface area contributed by atoms with Crippen molar-refractivity contribution in [2.24, 2.45) is 98.6 Å². The molecule has 3 N–H and O–H groups in total. The zero-order valence-corrected chi connectivity index (χ0v) is 36.4. The maximum absolute atomic E-state index is 11.4. The van der Waals surface area contributed by atoms with Gasteiger partial charge in [-0.25, -0.2) is 0 Å². The molecule has 0 saturated heterocycles. The largest absolute Gasteiger partial charge is 0.481 e. The molecule has 0 heterocycles. The summed E-state index contributed by atoms with van der Waals surface area (Å²) in [6.45, 7) is 19.6. The zero-order valence-electron chi connectivity index (χ0n) is 35.2. The van der Waals surface area contributed by atoms with Gasteiger partial charge >= 0.3 is 5.97 Å². The number of aliphatic carboxylic acids is 1. The van der Waals surface area contributed by atoms with Crippen molar-refractivity contribution in [1.82, 2.24) is 0 Å². The first kappa shape index (κ1) is 41.0. The predicted octanol–water partition coefficient (Wildman–Crippen LogP) is 11.2. The highest BCUT2D eigenvalue weighted by Gasteiger charge is 2.64. The van der Waals surface area contributed by atoms with Gasteiger partial charge in [0.2, 0.25) is 0 Å².